The normalized spacial score (nSPS) is 18.9. The third-order valence-corrected chi connectivity index (χ3v) is 9.43. The molecule has 5 rings (SSSR count). The van der Waals surface area contributed by atoms with Crippen LogP contribution in [-0.2, 0) is 14.8 Å². The van der Waals surface area contributed by atoms with E-state index >= 15 is 0 Å². The van der Waals surface area contributed by atoms with E-state index in [2.05, 4.69) is 5.32 Å². The smallest absolute Gasteiger partial charge is 0.272 e. The maximum absolute atomic E-state index is 13.5. The lowest BCUT2D eigenvalue weighted by molar-refractivity contribution is -0.130. The van der Waals surface area contributed by atoms with Crippen molar-refractivity contribution in [3.8, 4) is 11.5 Å². The van der Waals surface area contributed by atoms with Crippen molar-refractivity contribution >= 4 is 38.9 Å². The fourth-order valence-electron chi connectivity index (χ4n) is 5.00. The number of anilines is 2. The highest BCUT2D eigenvalue weighted by Crippen LogP contribution is 2.41. The molecule has 2 aliphatic heterocycles. The molecule has 1 unspecified atom stereocenters. The van der Waals surface area contributed by atoms with Crippen LogP contribution in [0.1, 0.15) is 37.9 Å². The van der Waals surface area contributed by atoms with E-state index in [0.29, 0.717) is 19.3 Å². The average Bonchev–Trinajstić information content (AvgIpc) is 3.29. The molecule has 0 saturated carbocycles. The quantitative estimate of drug-likeness (QED) is 0.318. The molecule has 10 nitrogen and oxygen atoms in total. The van der Waals surface area contributed by atoms with Crippen molar-refractivity contribution in [1.82, 2.24) is 9.21 Å². The molecule has 1 amide bonds. The Bertz CT molecular complexity index is 1570. The van der Waals surface area contributed by atoms with Crippen LogP contribution in [0, 0.1) is 0 Å². The number of nitrogens with zero attached hydrogens (tertiary/aromatic N) is 2. The van der Waals surface area contributed by atoms with Crippen LogP contribution in [0.25, 0.3) is 0 Å². The van der Waals surface area contributed by atoms with Crippen molar-refractivity contribution in [2.24, 2.45) is 0 Å². The van der Waals surface area contributed by atoms with Crippen LogP contribution in [0.4, 0.5) is 11.4 Å². The van der Waals surface area contributed by atoms with E-state index in [9.17, 15) is 27.9 Å². The number of sulfonamides is 1. The topological polar surface area (TPSA) is 133 Å². The molecule has 2 N–H and O–H groups in total. The number of amides is 1. The molecule has 0 radical (unpaired) electrons. The van der Waals surface area contributed by atoms with Gasteiger partial charge in [-0.3, -0.25) is 14.4 Å². The fraction of sp³-hybridized carbons (Fsp3) is 0.346. The molecular formula is C26H26ClN3O7S. The van der Waals surface area contributed by atoms with Crippen molar-refractivity contribution in [2.75, 3.05) is 25.0 Å². The van der Waals surface area contributed by atoms with Crippen LogP contribution in [0.3, 0.4) is 0 Å². The van der Waals surface area contributed by atoms with Gasteiger partial charge in [-0.2, -0.15) is 4.31 Å². The zero-order chi connectivity index (χ0) is 27.2. The molecule has 2 heterocycles. The summed E-state index contributed by atoms with van der Waals surface area (Å²) < 4.78 is 34.1. The van der Waals surface area contributed by atoms with Crippen LogP contribution in [-0.4, -0.2) is 54.3 Å². The number of piperazine rings is 1. The second kappa shape index (κ2) is 10.0. The van der Waals surface area contributed by atoms with Crippen LogP contribution < -0.4 is 20.9 Å². The number of fused-ring (bicyclic) bond motifs is 1. The van der Waals surface area contributed by atoms with Gasteiger partial charge in [-0.05, 0) is 30.5 Å². The SMILES string of the molecule is CC[C@@H](Oc1c(Nc2ccc(Cl)c(S(=O)(=O)N3CCN4C(=O)CCC4C3)c2O)c(=O)c1=O)c1ccccc1. The third kappa shape index (κ3) is 4.44. The van der Waals surface area contributed by atoms with Crippen LogP contribution in [0.15, 0.2) is 56.9 Å². The van der Waals surface area contributed by atoms with Gasteiger partial charge in [-0.25, -0.2) is 8.42 Å². The predicted octanol–water partition coefficient (Wildman–Crippen LogP) is 2.91. The van der Waals surface area contributed by atoms with Gasteiger partial charge in [-0.15, -0.1) is 0 Å². The van der Waals surface area contributed by atoms with E-state index in [0.717, 1.165) is 5.56 Å². The van der Waals surface area contributed by atoms with Crippen molar-refractivity contribution in [3.05, 3.63) is 73.5 Å². The third-order valence-electron chi connectivity index (χ3n) is 7.07. The summed E-state index contributed by atoms with van der Waals surface area (Å²) in [6.45, 7) is 2.28. The number of nitrogens with one attached hydrogen (secondary N) is 1. The zero-order valence-electron chi connectivity index (χ0n) is 20.5. The van der Waals surface area contributed by atoms with Gasteiger partial charge in [0.15, 0.2) is 11.5 Å². The Morgan fingerprint density at radius 2 is 1.84 bits per heavy atom. The standard InChI is InChI=1S/C26H26ClN3O7S/c1-2-19(15-6-4-3-5-7-15)37-25-21(23(33)24(25)34)28-18-10-9-17(27)26(22(18)32)38(35,36)29-12-13-30-16(14-29)8-11-20(30)31/h3-7,9-10,16,19,28,32H,2,8,11-14H2,1H3/t16?,19-/m1/s1. The minimum absolute atomic E-state index is 0.00251. The van der Waals surface area contributed by atoms with Gasteiger partial charge in [0.05, 0.1) is 10.7 Å². The summed E-state index contributed by atoms with van der Waals surface area (Å²) in [5.41, 5.74) is -1.13. The first-order chi connectivity index (χ1) is 18.1. The summed E-state index contributed by atoms with van der Waals surface area (Å²) in [5.74, 6) is -0.870. The highest BCUT2D eigenvalue weighted by Gasteiger charge is 2.41. The second-order valence-corrected chi connectivity index (χ2v) is 11.6. The monoisotopic (exact) mass is 559 g/mol. The van der Waals surface area contributed by atoms with E-state index in [4.69, 9.17) is 16.3 Å². The van der Waals surface area contributed by atoms with Crippen molar-refractivity contribution in [3.63, 3.8) is 0 Å². The molecule has 2 saturated heterocycles. The number of aromatic hydroxyl groups is 1. The predicted molar refractivity (Wildman–Crippen MR) is 141 cm³/mol. The Morgan fingerprint density at radius 3 is 2.55 bits per heavy atom. The number of ether oxygens (including phenoxy) is 1. The largest absolute Gasteiger partial charge is 0.504 e. The summed E-state index contributed by atoms with van der Waals surface area (Å²) in [6, 6.07) is 11.6. The van der Waals surface area contributed by atoms with Crippen molar-refractivity contribution in [1.29, 1.82) is 0 Å². The number of rotatable bonds is 8. The molecule has 3 aromatic carbocycles. The molecule has 0 bridgehead atoms. The molecule has 200 valence electrons. The first-order valence-electron chi connectivity index (χ1n) is 12.3. The minimum atomic E-state index is -4.25. The number of benzene rings is 2. The lowest BCUT2D eigenvalue weighted by Gasteiger charge is -2.36. The molecular weight excluding hydrogens is 534 g/mol. The minimum Gasteiger partial charge on any atom is -0.504 e. The first-order valence-corrected chi connectivity index (χ1v) is 14.1. The summed E-state index contributed by atoms with van der Waals surface area (Å²) in [5, 5.41) is 13.5. The number of hydrogen-bond acceptors (Lipinski definition) is 8. The molecule has 0 aromatic heterocycles. The van der Waals surface area contributed by atoms with E-state index in [1.165, 1.54) is 16.4 Å². The highest BCUT2D eigenvalue weighted by atomic mass is 35.5. The van der Waals surface area contributed by atoms with Crippen LogP contribution in [0.2, 0.25) is 5.02 Å². The lowest BCUT2D eigenvalue weighted by Crippen LogP contribution is -2.53. The molecule has 2 fully saturated rings. The molecule has 2 aliphatic rings. The van der Waals surface area contributed by atoms with Gasteiger partial charge in [0, 0.05) is 32.1 Å². The van der Waals surface area contributed by atoms with Crippen LogP contribution in [0.5, 0.6) is 11.5 Å². The van der Waals surface area contributed by atoms with E-state index < -0.39 is 37.6 Å². The molecule has 3 aromatic rings. The molecule has 0 spiro atoms. The Hall–Kier alpha value is -3.41. The van der Waals surface area contributed by atoms with Gasteiger partial charge in [0.2, 0.25) is 15.9 Å². The lowest BCUT2D eigenvalue weighted by atomic mass is 10.1. The summed E-state index contributed by atoms with van der Waals surface area (Å²) >= 11 is 6.24. The Morgan fingerprint density at radius 1 is 1.11 bits per heavy atom. The van der Waals surface area contributed by atoms with E-state index in [1.54, 1.807) is 4.90 Å². The Labute approximate surface area is 224 Å². The fourth-order valence-corrected chi connectivity index (χ4v) is 7.07. The average molecular weight is 560 g/mol. The summed E-state index contributed by atoms with van der Waals surface area (Å²) in [4.78, 5) is 37.9. The van der Waals surface area contributed by atoms with Crippen LogP contribution >= 0.6 is 11.6 Å². The zero-order valence-corrected chi connectivity index (χ0v) is 22.1. The van der Waals surface area contributed by atoms with Gasteiger partial charge in [-0.1, -0.05) is 48.9 Å². The van der Waals surface area contributed by atoms with E-state index in [1.807, 2.05) is 37.3 Å². The number of halogens is 1. The Kier molecular flexibility index (Phi) is 6.93. The van der Waals surface area contributed by atoms with E-state index in [-0.39, 0.29) is 53.7 Å². The summed E-state index contributed by atoms with van der Waals surface area (Å²) in [6.07, 6.45) is 0.966. The number of phenolic OH excluding ortho intramolecular Hbond substituents is 1. The highest BCUT2D eigenvalue weighted by molar-refractivity contribution is 7.89. The molecule has 0 aliphatic carbocycles. The number of phenols is 1. The van der Waals surface area contributed by atoms with Crippen molar-refractivity contribution in [2.45, 2.75) is 43.2 Å². The maximum atomic E-state index is 13.5. The number of carbonyl (C=O) groups excluding carboxylic acids is 1. The van der Waals surface area contributed by atoms with Gasteiger partial charge in [0.1, 0.15) is 16.7 Å². The van der Waals surface area contributed by atoms with Gasteiger partial charge in [0.25, 0.3) is 10.9 Å². The second-order valence-electron chi connectivity index (χ2n) is 9.33. The van der Waals surface area contributed by atoms with Gasteiger partial charge < -0.3 is 20.1 Å². The molecule has 2 atom stereocenters. The summed E-state index contributed by atoms with van der Waals surface area (Å²) in [7, 11) is -4.25. The number of carbonyl (C=O) groups is 1. The Balaban J connectivity index is 1.43. The van der Waals surface area contributed by atoms with Crippen molar-refractivity contribution < 1.29 is 23.1 Å². The first kappa shape index (κ1) is 26.2. The van der Waals surface area contributed by atoms with Gasteiger partial charge >= 0.3 is 0 Å². The maximum Gasteiger partial charge on any atom is 0.272 e. The number of hydrogen-bond donors (Lipinski definition) is 2. The molecule has 12 heteroatoms. The molecule has 38 heavy (non-hydrogen) atoms.